The maximum absolute atomic E-state index is 13.0. The van der Waals surface area contributed by atoms with Crippen molar-refractivity contribution >= 4 is 34.6 Å². The number of ether oxygens (including phenoxy) is 1. The van der Waals surface area contributed by atoms with E-state index in [1.165, 1.54) is 27.5 Å². The third-order valence-corrected chi connectivity index (χ3v) is 7.82. The molecular formula is C30H33N5O3. The van der Waals surface area contributed by atoms with Crippen molar-refractivity contribution in [1.29, 1.82) is 0 Å². The minimum absolute atomic E-state index is 0.0635. The zero-order valence-electron chi connectivity index (χ0n) is 21.8. The zero-order chi connectivity index (χ0) is 26.1. The smallest absolute Gasteiger partial charge is 0.323 e. The average Bonchev–Trinajstić information content (AvgIpc) is 3.37. The molecule has 0 bridgehead atoms. The predicted molar refractivity (Wildman–Crippen MR) is 148 cm³/mol. The molecule has 3 aromatic rings. The SMILES string of the molecule is CN(Cc1ccc2c3c(cccc13)CC2)C(=O)C=Cc1cnc2c(c1)CN(CCN1CCOCC1)C(=O)N2. The molecule has 0 atom stereocenters. The van der Waals surface area contributed by atoms with Crippen LogP contribution in [0.3, 0.4) is 0 Å². The molecule has 0 radical (unpaired) electrons. The molecular weight excluding hydrogens is 478 g/mol. The van der Waals surface area contributed by atoms with Crippen molar-refractivity contribution in [3.63, 3.8) is 0 Å². The van der Waals surface area contributed by atoms with Crippen LogP contribution in [0.15, 0.2) is 48.7 Å². The number of hydrogen-bond donors (Lipinski definition) is 1. The van der Waals surface area contributed by atoms with Crippen molar-refractivity contribution in [2.24, 2.45) is 0 Å². The highest BCUT2D eigenvalue weighted by Gasteiger charge is 2.24. The lowest BCUT2D eigenvalue weighted by Crippen LogP contribution is -2.45. The summed E-state index contributed by atoms with van der Waals surface area (Å²) in [5.74, 6) is 0.525. The number of carbonyl (C=O) groups is 2. The van der Waals surface area contributed by atoms with E-state index in [0.29, 0.717) is 25.5 Å². The number of nitrogens with one attached hydrogen (secondary N) is 1. The normalized spacial score (nSPS) is 17.2. The second-order valence-corrected chi connectivity index (χ2v) is 10.3. The van der Waals surface area contributed by atoms with Crippen molar-refractivity contribution in [2.45, 2.75) is 25.9 Å². The maximum atomic E-state index is 13.0. The minimum Gasteiger partial charge on any atom is -0.379 e. The number of benzene rings is 2. The highest BCUT2D eigenvalue weighted by atomic mass is 16.5. The number of aromatic nitrogens is 1. The molecule has 2 aromatic carbocycles. The number of urea groups is 1. The molecule has 1 aromatic heterocycles. The van der Waals surface area contributed by atoms with E-state index in [1.54, 1.807) is 23.2 Å². The highest BCUT2D eigenvalue weighted by molar-refractivity contribution is 5.95. The molecule has 0 saturated carbocycles. The summed E-state index contributed by atoms with van der Waals surface area (Å²) in [5, 5.41) is 5.51. The van der Waals surface area contributed by atoms with E-state index in [0.717, 1.165) is 56.8 Å². The number of fused-ring (bicyclic) bond motifs is 1. The Bertz CT molecular complexity index is 1400. The van der Waals surface area contributed by atoms with Crippen molar-refractivity contribution in [3.05, 3.63) is 76.5 Å². The van der Waals surface area contributed by atoms with Crippen molar-refractivity contribution < 1.29 is 14.3 Å². The average molecular weight is 512 g/mol. The number of morpholine rings is 1. The Morgan fingerprint density at radius 2 is 1.92 bits per heavy atom. The lowest BCUT2D eigenvalue weighted by molar-refractivity contribution is -0.125. The van der Waals surface area contributed by atoms with Crippen LogP contribution < -0.4 is 5.32 Å². The van der Waals surface area contributed by atoms with Crippen molar-refractivity contribution in [2.75, 3.05) is 51.8 Å². The van der Waals surface area contributed by atoms with E-state index in [4.69, 9.17) is 4.74 Å². The molecule has 1 N–H and O–H groups in total. The van der Waals surface area contributed by atoms with Gasteiger partial charge in [-0.3, -0.25) is 15.0 Å². The highest BCUT2D eigenvalue weighted by Crippen LogP contribution is 2.33. The summed E-state index contributed by atoms with van der Waals surface area (Å²) in [5.41, 5.74) is 5.76. The Kier molecular flexibility index (Phi) is 6.82. The molecule has 3 amide bonds. The van der Waals surface area contributed by atoms with Gasteiger partial charge in [-0.2, -0.15) is 0 Å². The number of hydrogen-bond acceptors (Lipinski definition) is 5. The summed E-state index contributed by atoms with van der Waals surface area (Å²) in [7, 11) is 1.84. The Labute approximate surface area is 222 Å². The van der Waals surface area contributed by atoms with E-state index in [2.05, 4.69) is 45.5 Å². The number of rotatable bonds is 7. The van der Waals surface area contributed by atoms with Gasteiger partial charge in [-0.15, -0.1) is 0 Å². The summed E-state index contributed by atoms with van der Waals surface area (Å²) in [4.78, 5) is 35.8. The molecule has 0 spiro atoms. The molecule has 8 heteroatoms. The number of carbonyl (C=O) groups excluding carboxylic acids is 2. The third kappa shape index (κ3) is 5.01. The summed E-state index contributed by atoms with van der Waals surface area (Å²) < 4.78 is 5.41. The second kappa shape index (κ2) is 10.6. The summed E-state index contributed by atoms with van der Waals surface area (Å²) in [6.45, 7) is 5.79. The summed E-state index contributed by atoms with van der Waals surface area (Å²) >= 11 is 0. The minimum atomic E-state index is -0.124. The van der Waals surface area contributed by atoms with Crippen LogP contribution in [-0.2, 0) is 35.5 Å². The molecule has 196 valence electrons. The molecule has 2 aliphatic heterocycles. The fraction of sp³-hybridized carbons (Fsp3) is 0.367. The van der Waals surface area contributed by atoms with Crippen LogP contribution >= 0.6 is 0 Å². The van der Waals surface area contributed by atoms with Gasteiger partial charge in [0.1, 0.15) is 5.82 Å². The van der Waals surface area contributed by atoms with Crippen LogP contribution in [0.5, 0.6) is 0 Å². The first-order valence-corrected chi connectivity index (χ1v) is 13.4. The zero-order valence-corrected chi connectivity index (χ0v) is 21.8. The summed E-state index contributed by atoms with van der Waals surface area (Å²) in [6.07, 6.45) is 7.28. The first-order chi connectivity index (χ1) is 18.5. The number of aryl methyl sites for hydroxylation is 2. The fourth-order valence-electron chi connectivity index (χ4n) is 5.65. The van der Waals surface area contributed by atoms with Gasteiger partial charge < -0.3 is 14.5 Å². The Morgan fingerprint density at radius 3 is 2.76 bits per heavy atom. The Hall–Kier alpha value is -3.75. The largest absolute Gasteiger partial charge is 0.379 e. The lowest BCUT2D eigenvalue weighted by atomic mass is 9.99. The van der Waals surface area contributed by atoms with Gasteiger partial charge in [-0.25, -0.2) is 9.78 Å². The third-order valence-electron chi connectivity index (χ3n) is 7.82. The van der Waals surface area contributed by atoms with Gasteiger partial charge >= 0.3 is 6.03 Å². The second-order valence-electron chi connectivity index (χ2n) is 10.3. The molecule has 8 nitrogen and oxygen atoms in total. The van der Waals surface area contributed by atoms with Crippen LogP contribution in [0.4, 0.5) is 10.6 Å². The molecule has 1 fully saturated rings. The molecule has 3 heterocycles. The number of anilines is 1. The molecule has 1 saturated heterocycles. The molecule has 6 rings (SSSR count). The standard InChI is InChI=1S/C30H33N5O3/c1-33(19-24-9-8-23-7-6-22-3-2-4-26(24)28(22)23)27(36)10-5-21-17-25-20-35(30(37)32-29(25)31-18-21)12-11-34-13-15-38-16-14-34/h2-5,8-10,17-18H,6-7,11-16,19-20H2,1H3,(H,31,32,37). The van der Waals surface area contributed by atoms with E-state index in [-0.39, 0.29) is 11.9 Å². The van der Waals surface area contributed by atoms with Crippen LogP contribution in [-0.4, -0.2) is 78.1 Å². The first kappa shape index (κ1) is 24.6. The van der Waals surface area contributed by atoms with Crippen LogP contribution in [0.1, 0.15) is 27.8 Å². The first-order valence-electron chi connectivity index (χ1n) is 13.4. The van der Waals surface area contributed by atoms with E-state index < -0.39 is 0 Å². The van der Waals surface area contributed by atoms with Gasteiger partial charge in [0.15, 0.2) is 0 Å². The predicted octanol–water partition coefficient (Wildman–Crippen LogP) is 3.68. The molecule has 38 heavy (non-hydrogen) atoms. The quantitative estimate of drug-likeness (QED) is 0.490. The number of nitrogens with zero attached hydrogens (tertiary/aromatic N) is 4. The number of pyridine rings is 1. The van der Waals surface area contributed by atoms with E-state index in [1.807, 2.05) is 18.0 Å². The number of amides is 3. The van der Waals surface area contributed by atoms with Crippen LogP contribution in [0, 0.1) is 0 Å². The van der Waals surface area contributed by atoms with Gasteiger partial charge in [-0.1, -0.05) is 30.3 Å². The van der Waals surface area contributed by atoms with Gasteiger partial charge in [0, 0.05) is 57.6 Å². The van der Waals surface area contributed by atoms with Crippen LogP contribution in [0.2, 0.25) is 0 Å². The van der Waals surface area contributed by atoms with E-state index in [9.17, 15) is 9.59 Å². The van der Waals surface area contributed by atoms with Gasteiger partial charge in [-0.05, 0) is 58.0 Å². The topological polar surface area (TPSA) is 78.0 Å². The molecule has 1 aliphatic carbocycles. The fourth-order valence-corrected chi connectivity index (χ4v) is 5.65. The lowest BCUT2D eigenvalue weighted by Gasteiger charge is -2.32. The van der Waals surface area contributed by atoms with Gasteiger partial charge in [0.05, 0.1) is 19.8 Å². The van der Waals surface area contributed by atoms with Gasteiger partial charge in [0.2, 0.25) is 5.91 Å². The van der Waals surface area contributed by atoms with Gasteiger partial charge in [0.25, 0.3) is 0 Å². The van der Waals surface area contributed by atoms with Crippen molar-refractivity contribution in [1.82, 2.24) is 19.7 Å². The molecule has 0 unspecified atom stereocenters. The summed E-state index contributed by atoms with van der Waals surface area (Å²) in [6, 6.07) is 12.7. The van der Waals surface area contributed by atoms with E-state index >= 15 is 0 Å². The van der Waals surface area contributed by atoms with Crippen LogP contribution in [0.25, 0.3) is 16.8 Å². The number of likely N-dealkylation sites (N-methyl/N-ethyl adjacent to an activating group) is 1. The molecule has 3 aliphatic rings. The maximum Gasteiger partial charge on any atom is 0.323 e. The monoisotopic (exact) mass is 511 g/mol. The Morgan fingerprint density at radius 1 is 1.11 bits per heavy atom. The van der Waals surface area contributed by atoms with Crippen molar-refractivity contribution in [3.8, 4) is 0 Å². The Balaban J connectivity index is 1.10.